The number of nitrogens with zero attached hydrogens (tertiary/aromatic N) is 9. The van der Waals surface area contributed by atoms with E-state index in [-0.39, 0.29) is 41.2 Å². The van der Waals surface area contributed by atoms with Crippen LogP contribution in [0.1, 0.15) is 135 Å². The second kappa shape index (κ2) is 28.2. The van der Waals surface area contributed by atoms with Crippen LogP contribution in [-0.2, 0) is 31.9 Å². The van der Waals surface area contributed by atoms with Crippen molar-refractivity contribution >= 4 is 67.7 Å². The number of para-hydroxylation sites is 2. The molecule has 21 heteroatoms. The van der Waals surface area contributed by atoms with Gasteiger partial charge in [-0.1, -0.05) is 74.2 Å². The van der Waals surface area contributed by atoms with E-state index in [2.05, 4.69) is 45.4 Å². The third-order valence-electron chi connectivity index (χ3n) is 20.7. The van der Waals surface area contributed by atoms with Crippen LogP contribution in [0, 0.1) is 13.8 Å². The van der Waals surface area contributed by atoms with Crippen LogP contribution in [0.2, 0.25) is 0 Å². The van der Waals surface area contributed by atoms with Gasteiger partial charge in [-0.05, 0) is 172 Å². The lowest BCUT2D eigenvalue weighted by atomic mass is 9.89. The molecule has 21 nitrogen and oxygen atoms in total. The number of hydrogen-bond acceptors (Lipinski definition) is 13. The minimum absolute atomic E-state index is 0.0493. The molecule has 2 atom stereocenters. The van der Waals surface area contributed by atoms with E-state index in [1.807, 2.05) is 109 Å². The number of ether oxygens (including phenoxy) is 2. The summed E-state index contributed by atoms with van der Waals surface area (Å²) < 4.78 is 12.2. The van der Waals surface area contributed by atoms with Gasteiger partial charge >= 0.3 is 12.2 Å². The number of rotatable bonds is 12. The maximum Gasteiger partial charge on any atom is 0.410 e. The molecule has 0 bridgehead atoms. The highest BCUT2D eigenvalue weighted by atomic mass is 16.6. The van der Waals surface area contributed by atoms with Crippen molar-refractivity contribution in [1.29, 1.82) is 0 Å². The number of aromatic amines is 4. The molecule has 2 unspecified atom stereocenters. The van der Waals surface area contributed by atoms with Gasteiger partial charge in [0.05, 0.1) is 11.7 Å². The summed E-state index contributed by atoms with van der Waals surface area (Å²) in [4.78, 5) is 99.3. The third-order valence-corrected chi connectivity index (χ3v) is 20.7. The number of aromatic nitrogens is 7. The van der Waals surface area contributed by atoms with Gasteiger partial charge in [0.15, 0.2) is 12.2 Å². The number of benzene rings is 4. The molecule has 0 spiro atoms. The molecule has 4 N–H and O–H groups in total. The Balaban J connectivity index is 0.000000168. The quantitative estimate of drug-likeness (QED) is 0.0892. The van der Waals surface area contributed by atoms with Gasteiger partial charge in [-0.25, -0.2) is 9.59 Å². The van der Waals surface area contributed by atoms with Crippen molar-refractivity contribution in [2.75, 3.05) is 78.5 Å². The largest absolute Gasteiger partial charge is 0.436 e. The normalized spacial score (nSPS) is 19.5. The molecule has 1 aliphatic carbocycles. The third kappa shape index (κ3) is 14.1. The minimum Gasteiger partial charge on any atom is -0.436 e. The Labute approximate surface area is 535 Å². The molecule has 4 aromatic carbocycles. The molecule has 92 heavy (non-hydrogen) atoms. The van der Waals surface area contributed by atoms with Crippen molar-refractivity contribution in [3.63, 3.8) is 0 Å². The summed E-state index contributed by atoms with van der Waals surface area (Å²) in [6.07, 6.45) is 14.3. The van der Waals surface area contributed by atoms with Crippen LogP contribution in [0.15, 0.2) is 101 Å². The highest BCUT2D eigenvalue weighted by Gasteiger charge is 2.38. The second-order valence-electron chi connectivity index (χ2n) is 26.6. The first kappa shape index (κ1) is 62.4. The number of piperidine rings is 4. The zero-order valence-corrected chi connectivity index (χ0v) is 53.2. The van der Waals surface area contributed by atoms with Crippen LogP contribution >= 0.6 is 0 Å². The number of nitrogens with one attached hydrogen (secondary N) is 4. The fourth-order valence-corrected chi connectivity index (χ4v) is 15.5. The van der Waals surface area contributed by atoms with Crippen LogP contribution in [0.4, 0.5) is 9.59 Å². The van der Waals surface area contributed by atoms with Gasteiger partial charge in [0.1, 0.15) is 11.0 Å². The SMILES string of the molecule is Cc1cc(CC(OC(=O)N2CCC(c3cc4ccccc4[nH]c3=O)CC2)C(=O)N2CCC(N3CCCCC3)CC2)cc2n[nH]nc12.Cc1cc(CC(OC(=O)N2CCC(c3cc4ccccc4[nH]c3=O)CC2)C(=O)N2CCN(C3CCCCC3)CC2)cc2cn[nH]c12. The molecule has 6 aliphatic rings. The molecule has 4 aromatic heterocycles. The summed E-state index contributed by atoms with van der Waals surface area (Å²) in [7, 11) is 0. The molecule has 9 heterocycles. The molecule has 14 rings (SSSR count). The molecule has 5 saturated heterocycles. The van der Waals surface area contributed by atoms with E-state index in [1.54, 1.807) is 16.0 Å². The molecule has 6 fully saturated rings. The Morgan fingerprint density at radius 1 is 0.500 bits per heavy atom. The average molecular weight is 1250 g/mol. The van der Waals surface area contributed by atoms with Crippen LogP contribution in [0.3, 0.4) is 0 Å². The van der Waals surface area contributed by atoms with Crippen molar-refractivity contribution in [1.82, 2.24) is 65.0 Å². The zero-order valence-electron chi connectivity index (χ0n) is 53.2. The number of aryl methyl sites for hydroxylation is 2. The monoisotopic (exact) mass is 1250 g/mol. The lowest BCUT2D eigenvalue weighted by molar-refractivity contribution is -0.143. The molecule has 0 radical (unpaired) electrons. The summed E-state index contributed by atoms with van der Waals surface area (Å²) in [5.41, 5.74) is 9.30. The predicted octanol–water partition coefficient (Wildman–Crippen LogP) is 9.63. The van der Waals surface area contributed by atoms with E-state index < -0.39 is 24.4 Å². The fraction of sp³-hybridized carbons (Fsp3) is 0.507. The Hall–Kier alpha value is -8.43. The number of pyridine rings is 2. The van der Waals surface area contributed by atoms with E-state index in [9.17, 15) is 28.8 Å². The first-order chi connectivity index (χ1) is 44.8. The summed E-state index contributed by atoms with van der Waals surface area (Å²) in [6.45, 7) is 12.5. The average Bonchev–Trinajstić information content (AvgIpc) is 1.87. The summed E-state index contributed by atoms with van der Waals surface area (Å²) in [6, 6.07) is 28.6. The molecular weight excluding hydrogens is 1160 g/mol. The van der Waals surface area contributed by atoms with Gasteiger partial charge in [0, 0.05) is 118 Å². The standard InChI is InChI=1S/C36H44N6O4.C35H43N7O4/c1-24-19-25(20-28-23-37-39-33(24)28)21-32(35(44)41-17-15-40(16-18-41)29-8-3-2-4-9-29)46-36(45)42-13-11-26(12-14-42)30-22-27-7-5-6-10-31(27)38-34(30)43;1-23-19-24(20-30-32(23)38-39-37-30)21-31(34(44)41-17-11-27(12-18-41)40-13-5-2-6-14-40)46-35(45)42-15-9-25(10-16-42)28-22-26-7-3-4-8-29(26)36-33(28)43/h5-7,10,19-20,22-23,26,29,32H,2-4,8-9,11-18,21H2,1H3,(H,37,39)(H,38,43);3-4,7-8,19-20,22,25,27,31H,2,5-6,9-18,21H2,1H3,(H,36,43)(H,37,38,39). The van der Waals surface area contributed by atoms with E-state index >= 15 is 0 Å². The number of fused-ring (bicyclic) bond motifs is 4. The Morgan fingerprint density at radius 2 is 0.989 bits per heavy atom. The van der Waals surface area contributed by atoms with E-state index in [1.165, 1.54) is 51.4 Å². The number of carbonyl (C=O) groups is 4. The van der Waals surface area contributed by atoms with E-state index in [0.29, 0.717) is 96.5 Å². The fourth-order valence-electron chi connectivity index (χ4n) is 15.5. The number of H-pyrrole nitrogens is 4. The Morgan fingerprint density at radius 3 is 1.57 bits per heavy atom. The topological polar surface area (TPSA) is 242 Å². The number of amides is 4. The van der Waals surface area contributed by atoms with Gasteiger partial charge < -0.3 is 43.9 Å². The highest BCUT2D eigenvalue weighted by molar-refractivity contribution is 5.87. The summed E-state index contributed by atoms with van der Waals surface area (Å²) in [5, 5.41) is 21.3. The van der Waals surface area contributed by atoms with E-state index in [4.69, 9.17) is 9.47 Å². The molecule has 1 saturated carbocycles. The highest BCUT2D eigenvalue weighted by Crippen LogP contribution is 2.32. The Kier molecular flexibility index (Phi) is 19.1. The van der Waals surface area contributed by atoms with Crippen molar-refractivity contribution < 1.29 is 28.7 Å². The van der Waals surface area contributed by atoms with Gasteiger partial charge in [-0.3, -0.25) is 29.2 Å². The maximum atomic E-state index is 14.0. The lowest BCUT2D eigenvalue weighted by Gasteiger charge is -2.41. The van der Waals surface area contributed by atoms with E-state index in [0.717, 1.165) is 116 Å². The van der Waals surface area contributed by atoms with Gasteiger partial charge in [0.2, 0.25) is 0 Å². The first-order valence-electron chi connectivity index (χ1n) is 33.8. The van der Waals surface area contributed by atoms with Crippen molar-refractivity contribution in [3.05, 3.63) is 145 Å². The zero-order chi connectivity index (χ0) is 63.2. The van der Waals surface area contributed by atoms with Gasteiger partial charge in [0.25, 0.3) is 22.9 Å². The van der Waals surface area contributed by atoms with Gasteiger partial charge in [-0.15, -0.1) is 0 Å². The van der Waals surface area contributed by atoms with Crippen LogP contribution < -0.4 is 11.1 Å². The van der Waals surface area contributed by atoms with Crippen molar-refractivity contribution in [3.8, 4) is 0 Å². The number of hydrogen-bond donors (Lipinski definition) is 4. The second-order valence-corrected chi connectivity index (χ2v) is 26.6. The molecule has 4 amide bonds. The Bertz CT molecular complexity index is 3780. The van der Waals surface area contributed by atoms with Crippen molar-refractivity contribution in [2.24, 2.45) is 0 Å². The van der Waals surface area contributed by atoms with Crippen molar-refractivity contribution in [2.45, 2.75) is 153 Å². The minimum atomic E-state index is -0.941. The van der Waals surface area contributed by atoms with Gasteiger partial charge in [-0.2, -0.15) is 20.5 Å². The summed E-state index contributed by atoms with van der Waals surface area (Å²) in [5.74, 6) is -0.159. The smallest absolute Gasteiger partial charge is 0.410 e. The van der Waals surface area contributed by atoms with Crippen LogP contribution in [-0.4, -0.2) is 192 Å². The number of likely N-dealkylation sites (tertiary alicyclic amines) is 4. The molecular formula is C71H87N13O8. The predicted molar refractivity (Wildman–Crippen MR) is 354 cm³/mol. The molecule has 484 valence electrons. The first-order valence-corrected chi connectivity index (χ1v) is 33.8. The summed E-state index contributed by atoms with van der Waals surface area (Å²) >= 11 is 0. The lowest BCUT2D eigenvalue weighted by Crippen LogP contribution is -2.55. The molecule has 5 aliphatic heterocycles. The van der Waals surface area contributed by atoms with Crippen LogP contribution in [0.25, 0.3) is 43.7 Å². The number of carbonyl (C=O) groups excluding carboxylic acids is 4. The van der Waals surface area contributed by atoms with Crippen LogP contribution in [0.5, 0.6) is 0 Å². The maximum absolute atomic E-state index is 14.0. The number of piperazine rings is 1. The molecule has 8 aromatic rings.